The molecule has 1 saturated carbocycles. The molecule has 0 spiro atoms. The fourth-order valence-electron chi connectivity index (χ4n) is 2.90. The van der Waals surface area contributed by atoms with Crippen LogP contribution in [0.5, 0.6) is 5.75 Å². The fourth-order valence-corrected chi connectivity index (χ4v) is 3.34. The minimum Gasteiger partial charge on any atom is -0.494 e. The lowest BCUT2D eigenvalue weighted by atomic mass is 9.75. The van der Waals surface area contributed by atoms with E-state index in [1.54, 1.807) is 0 Å². The topological polar surface area (TPSA) is 38.3 Å². The molecular weight excluding hydrogens is 330 g/mol. The van der Waals surface area contributed by atoms with E-state index < -0.39 is 0 Å². The number of carbonyl (C=O) groups excluding carboxylic acids is 1. The number of benzene rings is 1. The predicted molar refractivity (Wildman–Crippen MR) is 90.1 cm³/mol. The molecule has 2 rings (SSSR count). The molecule has 4 heteroatoms. The number of amides is 1. The number of alkyl halides is 1. The monoisotopic (exact) mass is 353 g/mol. The molecule has 3 nitrogen and oxygen atoms in total. The lowest BCUT2D eigenvalue weighted by Crippen LogP contribution is -2.35. The molecule has 1 fully saturated rings. The van der Waals surface area contributed by atoms with Crippen LogP contribution in [-0.2, 0) is 10.1 Å². The maximum atomic E-state index is 12.5. The number of anilines is 1. The maximum Gasteiger partial charge on any atom is 0.230 e. The van der Waals surface area contributed by atoms with Crippen molar-refractivity contribution >= 4 is 27.5 Å². The van der Waals surface area contributed by atoms with E-state index in [1.165, 1.54) is 6.42 Å². The van der Waals surface area contributed by atoms with Crippen molar-refractivity contribution in [1.29, 1.82) is 0 Å². The van der Waals surface area contributed by atoms with Gasteiger partial charge in [0.15, 0.2) is 0 Å². The van der Waals surface area contributed by atoms with Gasteiger partial charge < -0.3 is 10.1 Å². The van der Waals surface area contributed by atoms with E-state index in [1.807, 2.05) is 25.1 Å². The van der Waals surface area contributed by atoms with Gasteiger partial charge in [-0.3, -0.25) is 4.79 Å². The van der Waals surface area contributed by atoms with Gasteiger partial charge in [-0.25, -0.2) is 0 Å². The first-order chi connectivity index (χ1) is 10.1. The Morgan fingerprint density at radius 3 is 2.67 bits per heavy atom. The summed E-state index contributed by atoms with van der Waals surface area (Å²) in [5, 5.41) is 3.79. The Morgan fingerprint density at radius 1 is 1.33 bits per heavy atom. The maximum absolute atomic E-state index is 12.5. The standard InChI is InChI=1S/C17H24BrNO2/c1-3-21-15-8-7-14(11-13(15)12-18)19-16(20)17(2)9-5-4-6-10-17/h7-8,11H,3-6,9-10,12H2,1-2H3,(H,19,20). The molecule has 1 aliphatic carbocycles. The summed E-state index contributed by atoms with van der Waals surface area (Å²) in [6.07, 6.45) is 5.53. The Kier molecular flexibility index (Phi) is 5.68. The molecule has 0 aliphatic heterocycles. The highest BCUT2D eigenvalue weighted by Crippen LogP contribution is 2.37. The number of ether oxygens (including phenoxy) is 1. The molecule has 0 unspecified atom stereocenters. The normalized spacial score (nSPS) is 17.3. The molecule has 116 valence electrons. The number of hydrogen-bond donors (Lipinski definition) is 1. The van der Waals surface area contributed by atoms with Crippen LogP contribution in [0, 0.1) is 5.41 Å². The van der Waals surface area contributed by atoms with Crippen molar-refractivity contribution in [2.24, 2.45) is 5.41 Å². The van der Waals surface area contributed by atoms with E-state index in [-0.39, 0.29) is 11.3 Å². The molecule has 0 saturated heterocycles. The summed E-state index contributed by atoms with van der Waals surface area (Å²) in [7, 11) is 0. The highest BCUT2D eigenvalue weighted by molar-refractivity contribution is 9.08. The lowest BCUT2D eigenvalue weighted by Gasteiger charge is -2.32. The van der Waals surface area contributed by atoms with Gasteiger partial charge in [0.2, 0.25) is 5.91 Å². The van der Waals surface area contributed by atoms with Gasteiger partial charge in [0.1, 0.15) is 5.75 Å². The SMILES string of the molecule is CCOc1ccc(NC(=O)C2(C)CCCCC2)cc1CBr. The Labute approximate surface area is 135 Å². The summed E-state index contributed by atoms with van der Waals surface area (Å²) in [5.74, 6) is 1.02. The molecule has 0 atom stereocenters. The van der Waals surface area contributed by atoms with Crippen molar-refractivity contribution in [2.75, 3.05) is 11.9 Å². The summed E-state index contributed by atoms with van der Waals surface area (Å²) >= 11 is 3.47. The number of nitrogens with one attached hydrogen (secondary N) is 1. The second-order valence-corrected chi connectivity index (χ2v) is 6.53. The van der Waals surface area contributed by atoms with E-state index in [4.69, 9.17) is 4.74 Å². The smallest absolute Gasteiger partial charge is 0.230 e. The van der Waals surface area contributed by atoms with Crippen molar-refractivity contribution in [3.05, 3.63) is 23.8 Å². The second-order valence-electron chi connectivity index (χ2n) is 5.96. The van der Waals surface area contributed by atoms with Crippen molar-refractivity contribution in [2.45, 2.75) is 51.3 Å². The zero-order valence-electron chi connectivity index (χ0n) is 12.9. The third kappa shape index (κ3) is 4.00. The van der Waals surface area contributed by atoms with E-state index >= 15 is 0 Å². The summed E-state index contributed by atoms with van der Waals surface area (Å²) in [4.78, 5) is 12.5. The van der Waals surface area contributed by atoms with Gasteiger partial charge in [-0.1, -0.05) is 42.1 Å². The summed E-state index contributed by atoms with van der Waals surface area (Å²) in [6, 6.07) is 5.84. The van der Waals surface area contributed by atoms with Gasteiger partial charge in [0, 0.05) is 22.0 Å². The van der Waals surface area contributed by atoms with Crippen LogP contribution in [-0.4, -0.2) is 12.5 Å². The van der Waals surface area contributed by atoms with Gasteiger partial charge in [0.05, 0.1) is 6.61 Å². The fraction of sp³-hybridized carbons (Fsp3) is 0.588. The Bertz CT molecular complexity index is 496. The average Bonchev–Trinajstić information content (AvgIpc) is 2.49. The Balaban J connectivity index is 2.10. The third-order valence-corrected chi connectivity index (χ3v) is 4.87. The van der Waals surface area contributed by atoms with Crippen molar-refractivity contribution in [3.63, 3.8) is 0 Å². The largest absolute Gasteiger partial charge is 0.494 e. The van der Waals surface area contributed by atoms with Crippen molar-refractivity contribution < 1.29 is 9.53 Å². The van der Waals surface area contributed by atoms with Crippen molar-refractivity contribution in [3.8, 4) is 5.75 Å². The van der Waals surface area contributed by atoms with Crippen LogP contribution in [0.15, 0.2) is 18.2 Å². The molecule has 0 aromatic heterocycles. The highest BCUT2D eigenvalue weighted by Gasteiger charge is 2.34. The Hall–Kier alpha value is -1.03. The molecular formula is C17H24BrNO2. The van der Waals surface area contributed by atoms with E-state index in [0.717, 1.165) is 42.7 Å². The average molecular weight is 354 g/mol. The minimum atomic E-state index is -0.217. The van der Waals surface area contributed by atoms with Gasteiger partial charge in [-0.2, -0.15) is 0 Å². The molecule has 1 N–H and O–H groups in total. The Morgan fingerprint density at radius 2 is 2.05 bits per heavy atom. The van der Waals surface area contributed by atoms with Gasteiger partial charge in [-0.05, 0) is 38.0 Å². The van der Waals surface area contributed by atoms with Gasteiger partial charge in [-0.15, -0.1) is 0 Å². The van der Waals surface area contributed by atoms with Crippen LogP contribution in [0.25, 0.3) is 0 Å². The molecule has 1 aromatic rings. The molecule has 1 aliphatic rings. The predicted octanol–water partition coefficient (Wildman–Crippen LogP) is 4.89. The van der Waals surface area contributed by atoms with Crippen LogP contribution in [0.2, 0.25) is 0 Å². The summed E-state index contributed by atoms with van der Waals surface area (Å²) < 4.78 is 5.58. The second kappa shape index (κ2) is 7.30. The molecule has 0 heterocycles. The first kappa shape index (κ1) is 16.3. The van der Waals surface area contributed by atoms with Crippen LogP contribution < -0.4 is 10.1 Å². The van der Waals surface area contributed by atoms with E-state index in [0.29, 0.717) is 11.9 Å². The molecule has 0 bridgehead atoms. The van der Waals surface area contributed by atoms with Gasteiger partial charge >= 0.3 is 0 Å². The zero-order chi connectivity index (χ0) is 15.3. The van der Waals surface area contributed by atoms with Crippen molar-refractivity contribution in [1.82, 2.24) is 0 Å². The number of halogens is 1. The first-order valence-electron chi connectivity index (χ1n) is 7.72. The minimum absolute atomic E-state index is 0.145. The zero-order valence-corrected chi connectivity index (χ0v) is 14.5. The molecule has 1 aromatic carbocycles. The summed E-state index contributed by atoms with van der Waals surface area (Å²) in [5.41, 5.74) is 1.69. The first-order valence-corrected chi connectivity index (χ1v) is 8.84. The molecule has 21 heavy (non-hydrogen) atoms. The number of carbonyl (C=O) groups is 1. The lowest BCUT2D eigenvalue weighted by molar-refractivity contribution is -0.126. The number of rotatable bonds is 5. The number of hydrogen-bond acceptors (Lipinski definition) is 2. The van der Waals surface area contributed by atoms with E-state index in [2.05, 4.69) is 28.2 Å². The van der Waals surface area contributed by atoms with Crippen LogP contribution in [0.3, 0.4) is 0 Å². The van der Waals surface area contributed by atoms with Gasteiger partial charge in [0.25, 0.3) is 0 Å². The third-order valence-electron chi connectivity index (χ3n) is 4.27. The van der Waals surface area contributed by atoms with Crippen LogP contribution >= 0.6 is 15.9 Å². The molecule has 1 amide bonds. The van der Waals surface area contributed by atoms with Crippen LogP contribution in [0.4, 0.5) is 5.69 Å². The van der Waals surface area contributed by atoms with Crippen LogP contribution in [0.1, 0.15) is 51.5 Å². The highest BCUT2D eigenvalue weighted by atomic mass is 79.9. The van der Waals surface area contributed by atoms with E-state index in [9.17, 15) is 4.79 Å². The molecule has 0 radical (unpaired) electrons. The summed E-state index contributed by atoms with van der Waals surface area (Å²) in [6.45, 7) is 4.70. The quantitative estimate of drug-likeness (QED) is 0.765.